The second-order valence-corrected chi connectivity index (χ2v) is 4.67. The van der Waals surface area contributed by atoms with Crippen LogP contribution in [-0.2, 0) is 9.59 Å². The van der Waals surface area contributed by atoms with Gasteiger partial charge in [0.2, 0.25) is 0 Å². The quantitative estimate of drug-likeness (QED) is 0.651. The van der Waals surface area contributed by atoms with E-state index in [1.54, 1.807) is 18.2 Å². The monoisotopic (exact) mass is 288 g/mol. The topological polar surface area (TPSA) is 84.5 Å². The van der Waals surface area contributed by atoms with Crippen LogP contribution in [-0.4, -0.2) is 23.9 Å². The predicted molar refractivity (Wildman–Crippen MR) is 76.5 cm³/mol. The molecule has 0 unspecified atom stereocenters. The average Bonchev–Trinajstić information content (AvgIpc) is 2.44. The third kappa shape index (κ3) is 3.47. The third-order valence-electron chi connectivity index (χ3n) is 3.07. The van der Waals surface area contributed by atoms with Gasteiger partial charge in [0.25, 0.3) is 11.8 Å². The Balaban J connectivity index is 2.34. The van der Waals surface area contributed by atoms with Gasteiger partial charge in [-0.3, -0.25) is 20.2 Å². The molecule has 110 valence electrons. The summed E-state index contributed by atoms with van der Waals surface area (Å²) in [6.07, 6.45) is 2.26. The lowest BCUT2D eigenvalue weighted by atomic mass is 10.1. The minimum absolute atomic E-state index is 0.0140. The third-order valence-corrected chi connectivity index (χ3v) is 3.07. The van der Waals surface area contributed by atoms with E-state index in [1.807, 2.05) is 30.5 Å². The highest BCUT2D eigenvalue weighted by atomic mass is 16.5. The lowest BCUT2D eigenvalue weighted by molar-refractivity contribution is -0.123. The first-order valence-electron chi connectivity index (χ1n) is 6.65. The molecular weight excluding hydrogens is 272 g/mol. The van der Waals surface area contributed by atoms with Gasteiger partial charge in [-0.05, 0) is 25.5 Å². The van der Waals surface area contributed by atoms with E-state index < -0.39 is 17.8 Å². The number of rotatable bonds is 4. The summed E-state index contributed by atoms with van der Waals surface area (Å²) in [5, 5.41) is 4.07. The molecule has 6 nitrogen and oxygen atoms in total. The van der Waals surface area contributed by atoms with Crippen LogP contribution in [0.25, 0.3) is 6.08 Å². The number of carbonyl (C=O) groups is 3. The van der Waals surface area contributed by atoms with Gasteiger partial charge in [-0.1, -0.05) is 25.1 Å². The van der Waals surface area contributed by atoms with Gasteiger partial charge in [-0.25, -0.2) is 4.79 Å². The average molecular weight is 288 g/mol. The van der Waals surface area contributed by atoms with Crippen LogP contribution >= 0.6 is 0 Å². The van der Waals surface area contributed by atoms with Gasteiger partial charge in [0.1, 0.15) is 11.3 Å². The smallest absolute Gasteiger partial charge is 0.328 e. The maximum absolute atomic E-state index is 11.7. The Morgan fingerprint density at radius 2 is 1.76 bits per heavy atom. The van der Waals surface area contributed by atoms with Gasteiger partial charge < -0.3 is 4.74 Å². The zero-order valence-corrected chi connectivity index (χ0v) is 11.8. The molecular formula is C15H16N2O4. The molecule has 1 atom stereocenters. The zero-order valence-electron chi connectivity index (χ0n) is 11.8. The van der Waals surface area contributed by atoms with E-state index in [2.05, 4.69) is 0 Å². The standard InChI is InChI=1S/C15H16N2O4/c1-3-9(2)21-12-7-5-4-6-10(12)8-11-13(18)16-15(20)17-14(11)19/h4-9H,3H2,1-2H3,(H2,16,17,18,19,20)/t9-/m0/s1. The Labute approximate surface area is 122 Å². The molecule has 4 amide bonds. The molecule has 0 bridgehead atoms. The first-order valence-corrected chi connectivity index (χ1v) is 6.65. The van der Waals surface area contributed by atoms with Crippen LogP contribution < -0.4 is 15.4 Å². The summed E-state index contributed by atoms with van der Waals surface area (Å²) in [5.41, 5.74) is 0.474. The zero-order chi connectivity index (χ0) is 15.4. The van der Waals surface area contributed by atoms with Crippen molar-refractivity contribution >= 4 is 23.9 Å². The summed E-state index contributed by atoms with van der Waals surface area (Å²) >= 11 is 0. The van der Waals surface area contributed by atoms with Gasteiger partial charge in [0.15, 0.2) is 0 Å². The molecule has 1 aromatic carbocycles. The highest BCUT2D eigenvalue weighted by Gasteiger charge is 2.27. The first-order chi connectivity index (χ1) is 10.0. The van der Waals surface area contributed by atoms with Crippen molar-refractivity contribution in [2.45, 2.75) is 26.4 Å². The molecule has 0 aliphatic carbocycles. The van der Waals surface area contributed by atoms with Gasteiger partial charge in [-0.2, -0.15) is 0 Å². The van der Waals surface area contributed by atoms with E-state index in [0.29, 0.717) is 11.3 Å². The molecule has 2 N–H and O–H groups in total. The Morgan fingerprint density at radius 3 is 2.38 bits per heavy atom. The van der Waals surface area contributed by atoms with Crippen LogP contribution in [0.5, 0.6) is 5.75 Å². The van der Waals surface area contributed by atoms with Crippen molar-refractivity contribution in [1.82, 2.24) is 10.6 Å². The number of para-hydroxylation sites is 1. The van der Waals surface area contributed by atoms with Crippen molar-refractivity contribution in [3.05, 3.63) is 35.4 Å². The summed E-state index contributed by atoms with van der Waals surface area (Å²) in [5.74, 6) is -0.860. The van der Waals surface area contributed by atoms with Crippen molar-refractivity contribution in [3.8, 4) is 5.75 Å². The molecule has 1 fully saturated rings. The molecule has 1 saturated heterocycles. The number of hydrogen-bond donors (Lipinski definition) is 2. The maximum atomic E-state index is 11.7. The summed E-state index contributed by atoms with van der Waals surface area (Å²) in [6, 6.07) is 6.28. The Kier molecular flexibility index (Phi) is 4.37. The number of urea groups is 1. The second kappa shape index (κ2) is 6.21. The highest BCUT2D eigenvalue weighted by Crippen LogP contribution is 2.23. The summed E-state index contributed by atoms with van der Waals surface area (Å²) in [7, 11) is 0. The van der Waals surface area contributed by atoms with Crippen LogP contribution in [0.3, 0.4) is 0 Å². The lowest BCUT2D eigenvalue weighted by Gasteiger charge is -2.17. The van der Waals surface area contributed by atoms with E-state index >= 15 is 0 Å². The molecule has 1 aliphatic heterocycles. The lowest BCUT2D eigenvalue weighted by Crippen LogP contribution is -2.51. The van der Waals surface area contributed by atoms with E-state index in [0.717, 1.165) is 6.42 Å². The first kappa shape index (κ1) is 14.8. The second-order valence-electron chi connectivity index (χ2n) is 4.67. The van der Waals surface area contributed by atoms with Crippen LogP contribution in [0.4, 0.5) is 4.79 Å². The SMILES string of the molecule is CC[C@H](C)Oc1ccccc1C=C1C(=O)NC(=O)NC1=O. The molecule has 1 aliphatic rings. The van der Waals surface area contributed by atoms with Crippen molar-refractivity contribution in [2.75, 3.05) is 0 Å². The number of barbiturate groups is 1. The number of nitrogens with one attached hydrogen (secondary N) is 2. The van der Waals surface area contributed by atoms with Crippen LogP contribution in [0.2, 0.25) is 0 Å². The van der Waals surface area contributed by atoms with Crippen molar-refractivity contribution in [3.63, 3.8) is 0 Å². The fourth-order valence-corrected chi connectivity index (χ4v) is 1.77. The number of carbonyl (C=O) groups excluding carboxylic acids is 3. The van der Waals surface area contributed by atoms with E-state index in [1.165, 1.54) is 6.08 Å². The predicted octanol–water partition coefficient (Wildman–Crippen LogP) is 1.61. The number of imide groups is 2. The van der Waals surface area contributed by atoms with Crippen LogP contribution in [0.15, 0.2) is 29.8 Å². The Hall–Kier alpha value is -2.63. The van der Waals surface area contributed by atoms with Gasteiger partial charge in [-0.15, -0.1) is 0 Å². The van der Waals surface area contributed by atoms with E-state index in [-0.39, 0.29) is 11.7 Å². The van der Waals surface area contributed by atoms with Crippen molar-refractivity contribution < 1.29 is 19.1 Å². The molecule has 0 aromatic heterocycles. The van der Waals surface area contributed by atoms with Gasteiger partial charge in [0.05, 0.1) is 6.10 Å². The molecule has 0 saturated carbocycles. The molecule has 0 radical (unpaired) electrons. The van der Waals surface area contributed by atoms with Crippen LogP contribution in [0.1, 0.15) is 25.8 Å². The van der Waals surface area contributed by atoms with Crippen LogP contribution in [0, 0.1) is 0 Å². The molecule has 6 heteroatoms. The fourth-order valence-electron chi connectivity index (χ4n) is 1.77. The van der Waals surface area contributed by atoms with E-state index in [9.17, 15) is 14.4 Å². The molecule has 2 rings (SSSR count). The summed E-state index contributed by atoms with van der Waals surface area (Å²) in [4.78, 5) is 34.4. The summed E-state index contributed by atoms with van der Waals surface area (Å²) in [6.45, 7) is 3.93. The van der Waals surface area contributed by atoms with E-state index in [4.69, 9.17) is 4.74 Å². The Bertz CT molecular complexity index is 600. The normalized spacial score (nSPS) is 16.1. The van der Waals surface area contributed by atoms with Gasteiger partial charge in [0, 0.05) is 5.56 Å². The maximum Gasteiger partial charge on any atom is 0.328 e. The Morgan fingerprint density at radius 1 is 1.14 bits per heavy atom. The minimum atomic E-state index is -0.814. The molecule has 0 spiro atoms. The fraction of sp³-hybridized carbons (Fsp3) is 0.267. The minimum Gasteiger partial charge on any atom is -0.490 e. The number of hydrogen-bond acceptors (Lipinski definition) is 4. The number of amides is 4. The number of ether oxygens (including phenoxy) is 1. The van der Waals surface area contributed by atoms with Crippen molar-refractivity contribution in [2.24, 2.45) is 0 Å². The highest BCUT2D eigenvalue weighted by molar-refractivity contribution is 6.31. The summed E-state index contributed by atoms with van der Waals surface area (Å²) < 4.78 is 5.75. The molecule has 21 heavy (non-hydrogen) atoms. The van der Waals surface area contributed by atoms with Gasteiger partial charge >= 0.3 is 6.03 Å². The largest absolute Gasteiger partial charge is 0.490 e. The number of benzene rings is 1. The van der Waals surface area contributed by atoms with Crippen molar-refractivity contribution in [1.29, 1.82) is 0 Å². The molecule has 1 heterocycles. The molecule has 1 aromatic rings.